The fourth-order valence-electron chi connectivity index (χ4n) is 2.23. The van der Waals surface area contributed by atoms with Crippen LogP contribution in [0.1, 0.15) is 35.2 Å². The third-order valence-corrected chi connectivity index (χ3v) is 3.59. The molecule has 0 aliphatic heterocycles. The molecule has 1 aliphatic carbocycles. The average molecular weight is 249 g/mol. The quantitative estimate of drug-likeness (QED) is 0.853. The van der Waals surface area contributed by atoms with E-state index in [9.17, 15) is 9.90 Å². The maximum absolute atomic E-state index is 12.2. The Hall–Kier alpha value is -1.55. The van der Waals surface area contributed by atoms with E-state index in [4.69, 9.17) is 4.74 Å². The van der Waals surface area contributed by atoms with Crippen LogP contribution in [-0.4, -0.2) is 30.3 Å². The zero-order valence-electron chi connectivity index (χ0n) is 10.8. The maximum atomic E-state index is 12.2. The monoisotopic (exact) mass is 249 g/mol. The van der Waals surface area contributed by atoms with Crippen molar-refractivity contribution in [3.63, 3.8) is 0 Å². The molecule has 2 N–H and O–H groups in total. The van der Waals surface area contributed by atoms with Crippen LogP contribution in [0, 0.1) is 6.92 Å². The van der Waals surface area contributed by atoms with Gasteiger partial charge in [0.15, 0.2) is 0 Å². The van der Waals surface area contributed by atoms with Crippen molar-refractivity contribution in [3.05, 3.63) is 29.3 Å². The summed E-state index contributed by atoms with van der Waals surface area (Å²) in [7, 11) is 1.55. The van der Waals surface area contributed by atoms with Gasteiger partial charge in [-0.1, -0.05) is 11.6 Å². The number of methoxy groups -OCH3 is 1. The van der Waals surface area contributed by atoms with E-state index in [0.717, 1.165) is 24.8 Å². The number of carbonyl (C=O) groups is 1. The maximum Gasteiger partial charge on any atom is 0.255 e. The molecule has 1 fully saturated rings. The van der Waals surface area contributed by atoms with Crippen molar-refractivity contribution < 1.29 is 14.6 Å². The molecule has 0 heterocycles. The number of ether oxygens (including phenoxy) is 1. The lowest BCUT2D eigenvalue weighted by Gasteiger charge is -2.41. The largest absolute Gasteiger partial charge is 0.496 e. The predicted octanol–water partition coefficient (Wildman–Crippen LogP) is 1.65. The Bertz CT molecular complexity index is 447. The van der Waals surface area contributed by atoms with E-state index in [1.807, 2.05) is 13.0 Å². The summed E-state index contributed by atoms with van der Waals surface area (Å²) in [5, 5.41) is 12.3. The molecule has 0 unspecified atom stereocenters. The first-order valence-corrected chi connectivity index (χ1v) is 6.18. The van der Waals surface area contributed by atoms with Gasteiger partial charge in [-0.3, -0.25) is 4.79 Å². The van der Waals surface area contributed by atoms with E-state index < -0.39 is 5.54 Å². The summed E-state index contributed by atoms with van der Waals surface area (Å²) < 4.78 is 5.20. The van der Waals surface area contributed by atoms with Gasteiger partial charge in [0.25, 0.3) is 5.91 Å². The van der Waals surface area contributed by atoms with Gasteiger partial charge in [0.2, 0.25) is 0 Å². The minimum absolute atomic E-state index is 0.00707. The lowest BCUT2D eigenvalue weighted by Crippen LogP contribution is -2.56. The number of aliphatic hydroxyl groups excluding tert-OH is 1. The summed E-state index contributed by atoms with van der Waals surface area (Å²) in [6.07, 6.45) is 2.72. The summed E-state index contributed by atoms with van der Waals surface area (Å²) in [5.41, 5.74) is 1.11. The van der Waals surface area contributed by atoms with Crippen LogP contribution in [0.2, 0.25) is 0 Å². The summed E-state index contributed by atoms with van der Waals surface area (Å²) in [5.74, 6) is 0.384. The number of carbonyl (C=O) groups excluding carboxylic acids is 1. The Morgan fingerprint density at radius 3 is 2.72 bits per heavy atom. The van der Waals surface area contributed by atoms with Crippen molar-refractivity contribution in [2.45, 2.75) is 31.7 Å². The van der Waals surface area contributed by atoms with E-state index in [1.54, 1.807) is 19.2 Å². The molecule has 0 aromatic heterocycles. The molecule has 0 spiro atoms. The molecule has 0 saturated heterocycles. The molecule has 0 radical (unpaired) electrons. The molecule has 98 valence electrons. The van der Waals surface area contributed by atoms with Gasteiger partial charge in [0, 0.05) is 0 Å². The van der Waals surface area contributed by atoms with Gasteiger partial charge >= 0.3 is 0 Å². The second kappa shape index (κ2) is 4.98. The summed E-state index contributed by atoms with van der Waals surface area (Å²) >= 11 is 0. The summed E-state index contributed by atoms with van der Waals surface area (Å²) in [6, 6.07) is 5.50. The first kappa shape index (κ1) is 12.9. The fraction of sp³-hybridized carbons (Fsp3) is 0.500. The second-order valence-corrected chi connectivity index (χ2v) is 4.95. The van der Waals surface area contributed by atoms with Crippen LogP contribution in [0.5, 0.6) is 5.75 Å². The normalized spacial score (nSPS) is 16.8. The van der Waals surface area contributed by atoms with Crippen LogP contribution in [-0.2, 0) is 0 Å². The second-order valence-electron chi connectivity index (χ2n) is 4.95. The molecule has 1 aromatic carbocycles. The molecule has 4 nitrogen and oxygen atoms in total. The van der Waals surface area contributed by atoms with Crippen LogP contribution in [0.3, 0.4) is 0 Å². The number of amides is 1. The van der Waals surface area contributed by atoms with Gasteiger partial charge < -0.3 is 15.2 Å². The molecule has 2 rings (SSSR count). The zero-order valence-corrected chi connectivity index (χ0v) is 10.8. The minimum Gasteiger partial charge on any atom is -0.496 e. The molecule has 0 bridgehead atoms. The van der Waals surface area contributed by atoms with Crippen LogP contribution in [0.4, 0.5) is 0 Å². The van der Waals surface area contributed by atoms with E-state index in [-0.39, 0.29) is 12.5 Å². The molecule has 1 aromatic rings. The lowest BCUT2D eigenvalue weighted by atomic mass is 9.77. The summed E-state index contributed by atoms with van der Waals surface area (Å²) in [4.78, 5) is 12.2. The first-order chi connectivity index (χ1) is 8.60. The Morgan fingerprint density at radius 1 is 1.50 bits per heavy atom. The number of aryl methyl sites for hydroxylation is 1. The smallest absolute Gasteiger partial charge is 0.255 e. The van der Waals surface area contributed by atoms with E-state index in [1.165, 1.54) is 0 Å². The lowest BCUT2D eigenvalue weighted by molar-refractivity contribution is 0.0639. The third kappa shape index (κ3) is 2.34. The molecule has 18 heavy (non-hydrogen) atoms. The predicted molar refractivity (Wildman–Crippen MR) is 68.9 cm³/mol. The molecular formula is C14H19NO3. The highest BCUT2D eigenvalue weighted by atomic mass is 16.5. The van der Waals surface area contributed by atoms with Crippen molar-refractivity contribution in [1.82, 2.24) is 5.32 Å². The van der Waals surface area contributed by atoms with E-state index in [0.29, 0.717) is 11.3 Å². The van der Waals surface area contributed by atoms with Crippen molar-refractivity contribution in [1.29, 1.82) is 0 Å². The fourth-order valence-corrected chi connectivity index (χ4v) is 2.23. The van der Waals surface area contributed by atoms with Gasteiger partial charge in [0.05, 0.1) is 24.8 Å². The van der Waals surface area contributed by atoms with Crippen LogP contribution < -0.4 is 10.1 Å². The number of rotatable bonds is 4. The SMILES string of the molecule is COc1ccc(C)cc1C(=O)NC1(CO)CCC1. The van der Waals surface area contributed by atoms with Gasteiger partial charge in [-0.25, -0.2) is 0 Å². The standard InChI is InChI=1S/C14H19NO3/c1-10-4-5-12(18-2)11(8-10)13(17)15-14(9-16)6-3-7-14/h4-5,8,16H,3,6-7,9H2,1-2H3,(H,15,17). The highest BCUT2D eigenvalue weighted by Crippen LogP contribution is 2.32. The molecule has 0 atom stereocenters. The Morgan fingerprint density at radius 2 is 2.22 bits per heavy atom. The number of nitrogens with one attached hydrogen (secondary N) is 1. The molecule has 4 heteroatoms. The highest BCUT2D eigenvalue weighted by Gasteiger charge is 2.38. The van der Waals surface area contributed by atoms with Gasteiger partial charge in [0.1, 0.15) is 5.75 Å². The molecular weight excluding hydrogens is 230 g/mol. The van der Waals surface area contributed by atoms with Gasteiger partial charge in [-0.15, -0.1) is 0 Å². The number of hydrogen-bond acceptors (Lipinski definition) is 3. The van der Waals surface area contributed by atoms with Crippen molar-refractivity contribution >= 4 is 5.91 Å². The number of benzene rings is 1. The molecule has 1 saturated carbocycles. The van der Waals surface area contributed by atoms with Crippen LogP contribution in [0.15, 0.2) is 18.2 Å². The number of hydrogen-bond donors (Lipinski definition) is 2. The van der Waals surface area contributed by atoms with Crippen molar-refractivity contribution in [2.24, 2.45) is 0 Å². The molecule has 1 aliphatic rings. The Labute approximate surface area is 107 Å². The van der Waals surface area contributed by atoms with Crippen molar-refractivity contribution in [2.75, 3.05) is 13.7 Å². The van der Waals surface area contributed by atoms with Gasteiger partial charge in [-0.2, -0.15) is 0 Å². The minimum atomic E-state index is -0.425. The van der Waals surface area contributed by atoms with E-state index >= 15 is 0 Å². The van der Waals surface area contributed by atoms with E-state index in [2.05, 4.69) is 5.32 Å². The Balaban J connectivity index is 2.20. The van der Waals surface area contributed by atoms with Crippen molar-refractivity contribution in [3.8, 4) is 5.75 Å². The summed E-state index contributed by atoms with van der Waals surface area (Å²) in [6.45, 7) is 1.92. The zero-order chi connectivity index (χ0) is 13.2. The topological polar surface area (TPSA) is 58.6 Å². The van der Waals surface area contributed by atoms with Crippen LogP contribution >= 0.6 is 0 Å². The average Bonchev–Trinajstić information content (AvgIpc) is 2.33. The Kier molecular flexibility index (Phi) is 3.57. The van der Waals surface area contributed by atoms with Gasteiger partial charge in [-0.05, 0) is 38.3 Å². The number of aliphatic hydroxyl groups is 1. The van der Waals surface area contributed by atoms with Crippen LogP contribution in [0.25, 0.3) is 0 Å². The third-order valence-electron chi connectivity index (χ3n) is 3.59. The molecule has 1 amide bonds. The highest BCUT2D eigenvalue weighted by molar-refractivity contribution is 5.97. The first-order valence-electron chi connectivity index (χ1n) is 6.18.